The lowest BCUT2D eigenvalue weighted by Crippen LogP contribution is -2.60. The molecule has 15 N–H and O–H groups in total. The molecule has 1 aliphatic heterocycles. The third-order valence-corrected chi connectivity index (χ3v) is 10.1. The number of nitrogens with two attached hydrogens (primary N) is 4. The van der Waals surface area contributed by atoms with Crippen LogP contribution in [0.15, 0.2) is 34.3 Å². The highest BCUT2D eigenvalue weighted by Crippen LogP contribution is 2.21. The minimum Gasteiger partial charge on any atom is -0.508 e. The monoisotopic (exact) mass is 831 g/mol. The summed E-state index contributed by atoms with van der Waals surface area (Å²) in [6.07, 6.45) is 2.67. The Hall–Kier alpha value is -5.66. The molecule has 0 aromatic heterocycles. The average molecular weight is 831 g/mol. The highest BCUT2D eigenvalue weighted by Gasteiger charge is 2.40. The summed E-state index contributed by atoms with van der Waals surface area (Å²) in [6, 6.07) is -0.250. The van der Waals surface area contributed by atoms with E-state index in [1.54, 1.807) is 26.1 Å². The maximum absolute atomic E-state index is 14.2. The van der Waals surface area contributed by atoms with Crippen LogP contribution in [0.4, 0.5) is 0 Å². The predicted molar refractivity (Wildman–Crippen MR) is 223 cm³/mol. The van der Waals surface area contributed by atoms with Crippen LogP contribution < -0.4 is 49.5 Å². The molecule has 2 rings (SSSR count). The first kappa shape index (κ1) is 49.5. The van der Waals surface area contributed by atoms with Crippen LogP contribution in [0.5, 0.6) is 5.75 Å². The van der Waals surface area contributed by atoms with Crippen LogP contribution >= 0.6 is 0 Å². The molecule has 0 bridgehead atoms. The highest BCUT2D eigenvalue weighted by molar-refractivity contribution is 5.97. The average Bonchev–Trinajstić information content (AvgIpc) is 3.67. The second kappa shape index (κ2) is 25.0. The molecule has 1 saturated heterocycles. The third-order valence-electron chi connectivity index (χ3n) is 10.1. The number of hydrogen-bond acceptors (Lipinski definition) is 10. The summed E-state index contributed by atoms with van der Waals surface area (Å²) >= 11 is 0. The number of aliphatic imine (C=N–C) groups is 2. The minimum absolute atomic E-state index is 0.00582. The van der Waals surface area contributed by atoms with Crippen LogP contribution in [0.1, 0.15) is 84.6 Å². The van der Waals surface area contributed by atoms with E-state index in [-0.39, 0.29) is 62.4 Å². The predicted octanol–water partition coefficient (Wildman–Crippen LogP) is -1.26. The van der Waals surface area contributed by atoms with Crippen molar-refractivity contribution in [3.63, 3.8) is 0 Å². The van der Waals surface area contributed by atoms with Crippen molar-refractivity contribution in [3.05, 3.63) is 29.8 Å². The molecule has 1 aromatic carbocycles. The number of carbonyl (C=O) groups is 6. The summed E-state index contributed by atoms with van der Waals surface area (Å²) < 4.78 is 0. The number of rotatable bonds is 25. The van der Waals surface area contributed by atoms with E-state index in [4.69, 9.17) is 22.9 Å². The third kappa shape index (κ3) is 17.0. The van der Waals surface area contributed by atoms with Crippen LogP contribution in [-0.2, 0) is 35.2 Å². The Balaban J connectivity index is 2.38. The van der Waals surface area contributed by atoms with Gasteiger partial charge in [-0.25, -0.2) is 4.79 Å². The molecular weight excluding hydrogens is 765 g/mol. The lowest BCUT2D eigenvalue weighted by Gasteiger charge is -2.31. The fourth-order valence-corrected chi connectivity index (χ4v) is 6.70. The molecule has 0 unspecified atom stereocenters. The maximum Gasteiger partial charge on any atom is 0.326 e. The molecule has 1 fully saturated rings. The zero-order valence-corrected chi connectivity index (χ0v) is 34.9. The van der Waals surface area contributed by atoms with E-state index in [0.29, 0.717) is 44.2 Å². The molecule has 59 heavy (non-hydrogen) atoms. The number of carbonyl (C=O) groups excluding carboxylic acids is 5. The molecule has 5 amide bonds. The van der Waals surface area contributed by atoms with Crippen LogP contribution in [-0.4, -0.2) is 125 Å². The fraction of sp³-hybridized carbons (Fsp3) is 0.641. The molecule has 1 aliphatic rings. The summed E-state index contributed by atoms with van der Waals surface area (Å²) in [5.41, 5.74) is 22.4. The lowest BCUT2D eigenvalue weighted by molar-refractivity contribution is -0.143. The number of likely N-dealkylation sites (N-methyl/N-ethyl adjacent to an activating group) is 1. The van der Waals surface area contributed by atoms with E-state index >= 15 is 0 Å². The topological polar surface area (TPSA) is 335 Å². The van der Waals surface area contributed by atoms with Gasteiger partial charge in [-0.1, -0.05) is 46.2 Å². The van der Waals surface area contributed by atoms with Crippen molar-refractivity contribution in [3.8, 4) is 5.75 Å². The SMILES string of the molecule is CC[C@@H](C)[C@H](NC(=O)[C@H](Cc1ccc(O)cc1)NC(=O)[C@@H]1CCCN1C(=O)[C@H](CCCN=C(N)N)NC(=O)[C@H](CCCN=C(N)N)NC)C(=O)N[C@@H](CC(C)C)C(=O)O. The van der Waals surface area contributed by atoms with Gasteiger partial charge in [0.05, 0.1) is 6.04 Å². The van der Waals surface area contributed by atoms with E-state index in [2.05, 4.69) is 36.6 Å². The summed E-state index contributed by atoms with van der Waals surface area (Å²) in [7, 11) is 1.61. The molecule has 20 heteroatoms. The van der Waals surface area contributed by atoms with Crippen LogP contribution in [0, 0.1) is 11.8 Å². The molecule has 330 valence electrons. The Bertz CT molecular complexity index is 1610. The second-order valence-electron chi connectivity index (χ2n) is 15.3. The quantitative estimate of drug-likeness (QED) is 0.0312. The van der Waals surface area contributed by atoms with Crippen LogP contribution in [0.3, 0.4) is 0 Å². The number of guanidine groups is 2. The molecule has 1 heterocycles. The molecule has 0 aliphatic carbocycles. The second-order valence-corrected chi connectivity index (χ2v) is 15.3. The van der Waals surface area contributed by atoms with Gasteiger partial charge in [-0.2, -0.15) is 0 Å². The Morgan fingerprint density at radius 1 is 0.797 bits per heavy atom. The van der Waals surface area contributed by atoms with Crippen molar-refractivity contribution in [1.82, 2.24) is 31.5 Å². The van der Waals surface area contributed by atoms with Crippen LogP contribution in [0.2, 0.25) is 0 Å². The first-order valence-corrected chi connectivity index (χ1v) is 20.2. The Labute approximate surface area is 346 Å². The molecule has 0 spiro atoms. The van der Waals surface area contributed by atoms with Crippen molar-refractivity contribution in [2.45, 2.75) is 122 Å². The van der Waals surface area contributed by atoms with Gasteiger partial charge in [0, 0.05) is 26.1 Å². The van der Waals surface area contributed by atoms with E-state index in [1.165, 1.54) is 17.0 Å². The van der Waals surface area contributed by atoms with E-state index < -0.39 is 77.7 Å². The number of aliphatic carboxylic acids is 1. The number of likely N-dealkylation sites (tertiary alicyclic amines) is 1. The standard InChI is InChI=1S/C39H66N12O8/c1-6-23(4)31(35(56)49-29(37(58)59)20-22(2)3)50-33(54)28(21-24-13-15-25(52)16-14-24)48-34(55)30-12-9-19-51(30)36(57)27(11-8-18-46-39(42)43)47-32(53)26(44-5)10-7-17-45-38(40)41/h13-16,22-23,26-31,44,52H,6-12,17-21H2,1-5H3,(H,47,53)(H,48,55)(H,49,56)(H,50,54)(H,58,59)(H4,40,41,45)(H4,42,43,46)/t23-,26+,27+,28+,29+,30+,31+/m1/s1. The van der Waals surface area contributed by atoms with Gasteiger partial charge in [-0.05, 0) is 81.5 Å². The first-order valence-electron chi connectivity index (χ1n) is 20.2. The van der Waals surface area contributed by atoms with Gasteiger partial charge in [0.25, 0.3) is 0 Å². The maximum atomic E-state index is 14.2. The summed E-state index contributed by atoms with van der Waals surface area (Å²) in [5, 5.41) is 33.5. The number of aromatic hydroxyl groups is 1. The van der Waals surface area contributed by atoms with Gasteiger partial charge < -0.3 is 64.6 Å². The van der Waals surface area contributed by atoms with E-state index in [1.807, 2.05) is 20.8 Å². The summed E-state index contributed by atoms with van der Waals surface area (Å²) in [5.74, 6) is -4.80. The zero-order valence-electron chi connectivity index (χ0n) is 34.9. The van der Waals surface area contributed by atoms with Gasteiger partial charge in [0.2, 0.25) is 29.5 Å². The first-order chi connectivity index (χ1) is 27.9. The van der Waals surface area contributed by atoms with Gasteiger partial charge in [0.1, 0.15) is 36.0 Å². The smallest absolute Gasteiger partial charge is 0.326 e. The zero-order chi connectivity index (χ0) is 44.2. The van der Waals surface area contributed by atoms with Crippen molar-refractivity contribution in [2.75, 3.05) is 26.7 Å². The van der Waals surface area contributed by atoms with Gasteiger partial charge in [-0.3, -0.25) is 34.0 Å². The Kier molecular flexibility index (Phi) is 20.9. The number of amides is 5. The van der Waals surface area contributed by atoms with E-state index in [0.717, 1.165) is 0 Å². The Morgan fingerprint density at radius 3 is 1.88 bits per heavy atom. The number of carboxylic acid groups (broad SMARTS) is 1. The molecule has 20 nitrogen and oxygen atoms in total. The Morgan fingerprint density at radius 2 is 1.36 bits per heavy atom. The number of nitrogens with one attached hydrogen (secondary N) is 5. The van der Waals surface area contributed by atoms with Gasteiger partial charge >= 0.3 is 5.97 Å². The van der Waals surface area contributed by atoms with Gasteiger partial charge in [0.15, 0.2) is 11.9 Å². The molecule has 0 saturated carbocycles. The number of phenolic OH excluding ortho intramolecular Hbond substituents is 1. The number of hydrogen-bond donors (Lipinski definition) is 11. The fourth-order valence-electron chi connectivity index (χ4n) is 6.70. The van der Waals surface area contributed by atoms with Gasteiger partial charge in [-0.15, -0.1) is 0 Å². The minimum atomic E-state index is -1.25. The van der Waals surface area contributed by atoms with Crippen molar-refractivity contribution in [2.24, 2.45) is 44.8 Å². The van der Waals surface area contributed by atoms with Crippen molar-refractivity contribution < 1.29 is 39.0 Å². The normalized spacial score (nSPS) is 16.7. The number of nitrogens with zero attached hydrogens (tertiary/aromatic N) is 3. The molecule has 1 aromatic rings. The number of benzene rings is 1. The largest absolute Gasteiger partial charge is 0.508 e. The summed E-state index contributed by atoms with van der Waals surface area (Å²) in [4.78, 5) is 90.8. The molecule has 7 atom stereocenters. The molecule has 0 radical (unpaired) electrons. The van der Waals surface area contributed by atoms with E-state index in [9.17, 15) is 39.0 Å². The summed E-state index contributed by atoms with van der Waals surface area (Å²) in [6.45, 7) is 7.94. The van der Waals surface area contributed by atoms with Crippen molar-refractivity contribution >= 4 is 47.4 Å². The highest BCUT2D eigenvalue weighted by atomic mass is 16.4. The lowest BCUT2D eigenvalue weighted by atomic mass is 9.96. The number of carboxylic acids is 1. The molecular formula is C39H66N12O8. The number of phenols is 1. The van der Waals surface area contributed by atoms with Crippen molar-refractivity contribution in [1.29, 1.82) is 0 Å². The van der Waals surface area contributed by atoms with Crippen LogP contribution in [0.25, 0.3) is 0 Å².